The zero-order valence-electron chi connectivity index (χ0n) is 12.8. The van der Waals surface area contributed by atoms with E-state index in [1.165, 1.54) is 48.6 Å². The van der Waals surface area contributed by atoms with E-state index in [1.54, 1.807) is 18.2 Å². The Morgan fingerprint density at radius 1 is 1.08 bits per heavy atom. The first kappa shape index (κ1) is 16.3. The Kier molecular flexibility index (Phi) is 4.47. The highest BCUT2D eigenvalue weighted by atomic mass is 19.1. The maximum absolute atomic E-state index is 12.9. The number of cyclic esters (lactones) is 1. The second-order valence-electron chi connectivity index (χ2n) is 5.11. The number of aliphatic imine (C=N–C) groups is 1. The van der Waals surface area contributed by atoms with Crippen molar-refractivity contribution in [3.63, 3.8) is 0 Å². The Hall–Kier alpha value is -3.61. The summed E-state index contributed by atoms with van der Waals surface area (Å²) < 4.78 is 17.9. The van der Waals surface area contributed by atoms with Crippen LogP contribution in [-0.4, -0.2) is 16.8 Å². The van der Waals surface area contributed by atoms with Gasteiger partial charge in [-0.2, -0.15) is 0 Å². The summed E-state index contributed by atoms with van der Waals surface area (Å²) in [5.41, 5.74) is 1.24. The fraction of sp³-hybridized carbons (Fsp3) is 0. The van der Waals surface area contributed by atoms with Gasteiger partial charge in [0, 0.05) is 18.2 Å². The molecule has 2 aromatic carbocycles. The van der Waals surface area contributed by atoms with Crippen molar-refractivity contribution < 1.29 is 18.8 Å². The van der Waals surface area contributed by atoms with Gasteiger partial charge in [-0.15, -0.1) is 0 Å². The second-order valence-corrected chi connectivity index (χ2v) is 5.11. The second kappa shape index (κ2) is 6.88. The molecule has 0 aliphatic carbocycles. The Balaban J connectivity index is 1.79. The number of nitro benzene ring substituents is 1. The van der Waals surface area contributed by atoms with Crippen molar-refractivity contribution in [3.8, 4) is 0 Å². The lowest BCUT2D eigenvalue weighted by atomic mass is 10.2. The number of nitrogens with zero attached hydrogens (tertiary/aromatic N) is 2. The number of esters is 1. The van der Waals surface area contributed by atoms with Crippen molar-refractivity contribution in [1.29, 1.82) is 0 Å². The zero-order valence-corrected chi connectivity index (χ0v) is 12.8. The van der Waals surface area contributed by atoms with Gasteiger partial charge in [0.1, 0.15) is 5.82 Å². The molecule has 2 aromatic rings. The lowest BCUT2D eigenvalue weighted by Crippen LogP contribution is -2.01. The Labute approximate surface area is 141 Å². The van der Waals surface area contributed by atoms with Gasteiger partial charge >= 0.3 is 5.97 Å². The molecule has 1 aliphatic heterocycles. The summed E-state index contributed by atoms with van der Waals surface area (Å²) in [6, 6.07) is 11.6. The molecule has 25 heavy (non-hydrogen) atoms. The predicted octanol–water partition coefficient (Wildman–Crippen LogP) is 3.74. The zero-order chi connectivity index (χ0) is 17.8. The number of halogens is 1. The van der Waals surface area contributed by atoms with Gasteiger partial charge in [-0.05, 0) is 35.4 Å². The fourth-order valence-corrected chi connectivity index (χ4v) is 2.12. The number of rotatable bonds is 4. The molecular weight excluding hydrogens is 327 g/mol. The monoisotopic (exact) mass is 338 g/mol. The SMILES string of the molecule is O=C1OC(C=Cc2cccc([N+](=O)[O-])c2)=NC1=Cc1ccc(F)cc1. The van der Waals surface area contributed by atoms with Crippen LogP contribution in [0.3, 0.4) is 0 Å². The maximum atomic E-state index is 12.9. The van der Waals surface area contributed by atoms with Crippen LogP contribution in [-0.2, 0) is 9.53 Å². The molecule has 0 radical (unpaired) electrons. The van der Waals surface area contributed by atoms with Crippen LogP contribution in [0, 0.1) is 15.9 Å². The van der Waals surface area contributed by atoms with Crippen LogP contribution >= 0.6 is 0 Å². The summed E-state index contributed by atoms with van der Waals surface area (Å²) >= 11 is 0. The molecule has 0 unspecified atom stereocenters. The number of hydrogen-bond donors (Lipinski definition) is 0. The van der Waals surface area contributed by atoms with Gasteiger partial charge in [0.15, 0.2) is 5.70 Å². The van der Waals surface area contributed by atoms with Crippen LogP contribution in [0.1, 0.15) is 11.1 Å². The van der Waals surface area contributed by atoms with Gasteiger partial charge in [-0.3, -0.25) is 10.1 Å². The van der Waals surface area contributed by atoms with E-state index in [9.17, 15) is 19.3 Å². The van der Waals surface area contributed by atoms with E-state index in [-0.39, 0.29) is 23.1 Å². The standard InChI is InChI=1S/C18H11FN2O4/c19-14-7-4-13(5-8-14)11-16-18(22)25-17(20-16)9-6-12-2-1-3-15(10-12)21(23)24/h1-11H. The van der Waals surface area contributed by atoms with E-state index in [0.717, 1.165) is 0 Å². The van der Waals surface area contributed by atoms with E-state index in [4.69, 9.17) is 4.74 Å². The van der Waals surface area contributed by atoms with Gasteiger partial charge in [0.2, 0.25) is 5.90 Å². The summed E-state index contributed by atoms with van der Waals surface area (Å²) in [5.74, 6) is -0.923. The van der Waals surface area contributed by atoms with Crippen molar-refractivity contribution in [2.24, 2.45) is 4.99 Å². The van der Waals surface area contributed by atoms with E-state index in [1.807, 2.05) is 0 Å². The first-order chi connectivity index (χ1) is 12.0. The minimum absolute atomic E-state index is 0.0376. The predicted molar refractivity (Wildman–Crippen MR) is 90.0 cm³/mol. The minimum atomic E-state index is -0.622. The third kappa shape index (κ3) is 4.03. The highest BCUT2D eigenvalue weighted by Gasteiger charge is 2.21. The third-order valence-corrected chi connectivity index (χ3v) is 3.31. The molecule has 0 amide bonds. The van der Waals surface area contributed by atoms with Gasteiger partial charge < -0.3 is 4.74 Å². The summed E-state index contributed by atoms with van der Waals surface area (Å²) in [5, 5.41) is 10.8. The topological polar surface area (TPSA) is 81.8 Å². The molecule has 1 heterocycles. The van der Waals surface area contributed by atoms with Gasteiger partial charge in [-0.1, -0.05) is 24.3 Å². The average Bonchev–Trinajstić information content (AvgIpc) is 2.95. The Morgan fingerprint density at radius 2 is 1.84 bits per heavy atom. The van der Waals surface area contributed by atoms with Crippen LogP contribution in [0.15, 0.2) is 65.3 Å². The summed E-state index contributed by atoms with van der Waals surface area (Å²) in [6.45, 7) is 0. The van der Waals surface area contributed by atoms with Gasteiger partial charge in [0.05, 0.1) is 4.92 Å². The molecule has 0 fully saturated rings. The number of hydrogen-bond acceptors (Lipinski definition) is 5. The largest absolute Gasteiger partial charge is 0.403 e. The summed E-state index contributed by atoms with van der Waals surface area (Å²) in [7, 11) is 0. The molecule has 7 heteroatoms. The quantitative estimate of drug-likeness (QED) is 0.368. The van der Waals surface area contributed by atoms with Crippen molar-refractivity contribution in [1.82, 2.24) is 0 Å². The number of carbonyl (C=O) groups is 1. The molecule has 0 saturated carbocycles. The Bertz CT molecular complexity index is 930. The lowest BCUT2D eigenvalue weighted by Gasteiger charge is -1.94. The van der Waals surface area contributed by atoms with E-state index in [0.29, 0.717) is 11.1 Å². The first-order valence-electron chi connectivity index (χ1n) is 7.22. The normalized spacial score (nSPS) is 15.5. The molecule has 3 rings (SSSR count). The molecule has 0 N–H and O–H groups in total. The molecule has 0 spiro atoms. The minimum Gasteiger partial charge on any atom is -0.403 e. The number of carbonyl (C=O) groups excluding carboxylic acids is 1. The van der Waals surface area contributed by atoms with E-state index < -0.39 is 10.9 Å². The Morgan fingerprint density at radius 3 is 2.56 bits per heavy atom. The molecule has 0 bridgehead atoms. The van der Waals surface area contributed by atoms with Gasteiger partial charge in [0.25, 0.3) is 5.69 Å². The van der Waals surface area contributed by atoms with E-state index in [2.05, 4.69) is 4.99 Å². The van der Waals surface area contributed by atoms with Crippen molar-refractivity contribution in [2.75, 3.05) is 0 Å². The number of benzene rings is 2. The van der Waals surface area contributed by atoms with Crippen LogP contribution < -0.4 is 0 Å². The van der Waals surface area contributed by atoms with Crippen LogP contribution in [0.25, 0.3) is 12.2 Å². The maximum Gasteiger partial charge on any atom is 0.363 e. The molecule has 1 aliphatic rings. The molecule has 0 atom stereocenters. The van der Waals surface area contributed by atoms with Crippen LogP contribution in [0.5, 0.6) is 0 Å². The number of nitro groups is 1. The van der Waals surface area contributed by atoms with Crippen LogP contribution in [0.2, 0.25) is 0 Å². The van der Waals surface area contributed by atoms with Crippen molar-refractivity contribution >= 4 is 29.7 Å². The number of ether oxygens (including phenoxy) is 1. The van der Waals surface area contributed by atoms with Crippen molar-refractivity contribution in [3.05, 3.63) is 87.4 Å². The molecule has 124 valence electrons. The smallest absolute Gasteiger partial charge is 0.363 e. The molecule has 0 aromatic heterocycles. The highest BCUT2D eigenvalue weighted by molar-refractivity contribution is 6.11. The molecule has 0 saturated heterocycles. The van der Waals surface area contributed by atoms with E-state index >= 15 is 0 Å². The first-order valence-corrected chi connectivity index (χ1v) is 7.22. The summed E-state index contributed by atoms with van der Waals surface area (Å²) in [6.07, 6.45) is 4.48. The fourth-order valence-electron chi connectivity index (χ4n) is 2.12. The van der Waals surface area contributed by atoms with Crippen LogP contribution in [0.4, 0.5) is 10.1 Å². The molecular formula is C18H11FN2O4. The average molecular weight is 338 g/mol. The van der Waals surface area contributed by atoms with Gasteiger partial charge in [-0.25, -0.2) is 14.2 Å². The summed E-state index contributed by atoms with van der Waals surface area (Å²) in [4.78, 5) is 26.1. The highest BCUT2D eigenvalue weighted by Crippen LogP contribution is 2.18. The lowest BCUT2D eigenvalue weighted by molar-refractivity contribution is -0.384. The number of non-ortho nitro benzene ring substituents is 1. The molecule has 6 nitrogen and oxygen atoms in total. The van der Waals surface area contributed by atoms with Crippen molar-refractivity contribution in [2.45, 2.75) is 0 Å². The third-order valence-electron chi connectivity index (χ3n) is 3.31.